The van der Waals surface area contributed by atoms with Crippen molar-refractivity contribution in [3.05, 3.63) is 23.3 Å². The van der Waals surface area contributed by atoms with Crippen LogP contribution in [-0.4, -0.2) is 5.78 Å². The number of carbonyl (C=O) groups is 1. The number of allylic oxidation sites excluding steroid dienone is 4. The fourth-order valence-electron chi connectivity index (χ4n) is 2.43. The van der Waals surface area contributed by atoms with Gasteiger partial charge in [-0.15, -0.1) is 0 Å². The lowest BCUT2D eigenvalue weighted by Crippen LogP contribution is -2.28. The molecule has 1 atom stereocenters. The first-order chi connectivity index (χ1) is 6.13. The van der Waals surface area contributed by atoms with Gasteiger partial charge in [0, 0.05) is 11.8 Å². The van der Waals surface area contributed by atoms with Gasteiger partial charge in [-0.1, -0.05) is 24.1 Å². The lowest BCUT2D eigenvalue weighted by Gasteiger charge is -2.39. The number of rotatable bonds is 0. The lowest BCUT2D eigenvalue weighted by atomic mass is 9.65. The molecule has 0 aliphatic heterocycles. The van der Waals surface area contributed by atoms with Crippen LogP contribution in [0.5, 0.6) is 0 Å². The molecule has 2 rings (SSSR count). The van der Waals surface area contributed by atoms with Crippen LogP contribution in [-0.2, 0) is 4.79 Å². The van der Waals surface area contributed by atoms with E-state index in [0.717, 1.165) is 25.7 Å². The number of ketones is 1. The number of hydrogen-bond donors (Lipinski definition) is 0. The van der Waals surface area contributed by atoms with Crippen molar-refractivity contribution in [1.29, 1.82) is 0 Å². The number of fused-ring (bicyclic) bond motifs is 1. The van der Waals surface area contributed by atoms with Gasteiger partial charge in [-0.25, -0.2) is 0 Å². The van der Waals surface area contributed by atoms with E-state index < -0.39 is 0 Å². The summed E-state index contributed by atoms with van der Waals surface area (Å²) in [7, 11) is 0. The van der Waals surface area contributed by atoms with Crippen molar-refractivity contribution in [1.82, 2.24) is 0 Å². The Balaban J connectivity index is 2.44. The van der Waals surface area contributed by atoms with Gasteiger partial charge in [0.2, 0.25) is 0 Å². The molecule has 0 bridgehead atoms. The van der Waals surface area contributed by atoms with E-state index in [-0.39, 0.29) is 5.41 Å². The lowest BCUT2D eigenvalue weighted by molar-refractivity contribution is -0.115. The van der Waals surface area contributed by atoms with Gasteiger partial charge in [-0.2, -0.15) is 0 Å². The highest BCUT2D eigenvalue weighted by atomic mass is 16.1. The van der Waals surface area contributed by atoms with Gasteiger partial charge in [-0.05, 0) is 32.3 Å². The molecule has 0 aromatic rings. The molecule has 0 fully saturated rings. The predicted octanol–water partition coefficient (Wildman–Crippen LogP) is 3.02. The Bertz CT molecular complexity index is 309. The fourth-order valence-corrected chi connectivity index (χ4v) is 2.43. The van der Waals surface area contributed by atoms with Gasteiger partial charge in [-0.3, -0.25) is 4.79 Å². The SMILES string of the molecule is CC1=CCCC2=CC(=O)CCC12C. The molecular formula is C12H16O. The predicted molar refractivity (Wildman–Crippen MR) is 53.4 cm³/mol. The van der Waals surface area contributed by atoms with Gasteiger partial charge >= 0.3 is 0 Å². The van der Waals surface area contributed by atoms with E-state index >= 15 is 0 Å². The molecule has 0 saturated heterocycles. The summed E-state index contributed by atoms with van der Waals surface area (Å²) in [6.45, 7) is 4.47. The second-order valence-corrected chi connectivity index (χ2v) is 4.39. The smallest absolute Gasteiger partial charge is 0.155 e. The number of carbonyl (C=O) groups excluding carboxylic acids is 1. The van der Waals surface area contributed by atoms with Crippen LogP contribution in [0.4, 0.5) is 0 Å². The molecule has 0 heterocycles. The molecule has 2 aliphatic carbocycles. The molecule has 2 aliphatic rings. The van der Waals surface area contributed by atoms with Crippen molar-refractivity contribution in [3.8, 4) is 0 Å². The molecular weight excluding hydrogens is 160 g/mol. The normalized spacial score (nSPS) is 33.5. The number of hydrogen-bond acceptors (Lipinski definition) is 1. The molecule has 0 aromatic carbocycles. The molecule has 0 aromatic heterocycles. The molecule has 13 heavy (non-hydrogen) atoms. The van der Waals surface area contributed by atoms with Crippen molar-refractivity contribution in [2.45, 2.75) is 39.5 Å². The van der Waals surface area contributed by atoms with Gasteiger partial charge in [0.1, 0.15) is 0 Å². The van der Waals surface area contributed by atoms with E-state index in [4.69, 9.17) is 0 Å². The van der Waals surface area contributed by atoms with Crippen molar-refractivity contribution in [3.63, 3.8) is 0 Å². The van der Waals surface area contributed by atoms with Crippen molar-refractivity contribution < 1.29 is 4.79 Å². The zero-order valence-electron chi connectivity index (χ0n) is 8.39. The average molecular weight is 176 g/mol. The zero-order valence-corrected chi connectivity index (χ0v) is 8.39. The van der Waals surface area contributed by atoms with Gasteiger partial charge < -0.3 is 0 Å². The molecule has 0 N–H and O–H groups in total. The van der Waals surface area contributed by atoms with Crippen LogP contribution in [0.2, 0.25) is 0 Å². The Morgan fingerprint density at radius 1 is 1.38 bits per heavy atom. The Hall–Kier alpha value is -0.850. The van der Waals surface area contributed by atoms with Crippen LogP contribution >= 0.6 is 0 Å². The Morgan fingerprint density at radius 3 is 2.92 bits per heavy atom. The van der Waals surface area contributed by atoms with E-state index in [1.165, 1.54) is 11.1 Å². The van der Waals surface area contributed by atoms with E-state index in [2.05, 4.69) is 19.9 Å². The standard InChI is InChI=1S/C12H16O/c1-9-4-3-5-10-8-11(13)6-7-12(9,10)2/h4,8H,3,5-7H2,1-2H3. The summed E-state index contributed by atoms with van der Waals surface area (Å²) in [5.74, 6) is 0.321. The molecule has 1 unspecified atom stereocenters. The third-order valence-corrected chi connectivity index (χ3v) is 3.65. The van der Waals surface area contributed by atoms with Gasteiger partial charge in [0.05, 0.1) is 0 Å². The summed E-state index contributed by atoms with van der Waals surface area (Å²) in [6, 6.07) is 0. The Morgan fingerprint density at radius 2 is 2.15 bits per heavy atom. The quantitative estimate of drug-likeness (QED) is 0.518. The summed E-state index contributed by atoms with van der Waals surface area (Å²) in [5.41, 5.74) is 3.04. The first-order valence-corrected chi connectivity index (χ1v) is 5.04. The van der Waals surface area contributed by atoms with Crippen LogP contribution < -0.4 is 0 Å². The van der Waals surface area contributed by atoms with E-state index in [1.807, 2.05) is 6.08 Å². The third kappa shape index (κ3) is 1.27. The van der Waals surface area contributed by atoms with Crippen LogP contribution in [0.1, 0.15) is 39.5 Å². The first-order valence-electron chi connectivity index (χ1n) is 5.04. The van der Waals surface area contributed by atoms with E-state index in [0.29, 0.717) is 5.78 Å². The Labute approximate surface area is 79.5 Å². The summed E-state index contributed by atoms with van der Waals surface area (Å²) in [4.78, 5) is 11.3. The van der Waals surface area contributed by atoms with Crippen LogP contribution in [0.15, 0.2) is 23.3 Å². The third-order valence-electron chi connectivity index (χ3n) is 3.65. The summed E-state index contributed by atoms with van der Waals surface area (Å²) in [6.07, 6.45) is 8.15. The molecule has 1 nitrogen and oxygen atoms in total. The van der Waals surface area contributed by atoms with Gasteiger partial charge in [0.25, 0.3) is 0 Å². The maximum absolute atomic E-state index is 11.3. The molecule has 70 valence electrons. The Kier molecular flexibility index (Phi) is 1.90. The average Bonchev–Trinajstić information content (AvgIpc) is 2.09. The monoisotopic (exact) mass is 176 g/mol. The molecule has 0 radical (unpaired) electrons. The highest BCUT2D eigenvalue weighted by molar-refractivity contribution is 5.91. The molecule has 0 amide bonds. The summed E-state index contributed by atoms with van der Waals surface area (Å²) >= 11 is 0. The molecule has 0 spiro atoms. The van der Waals surface area contributed by atoms with Crippen molar-refractivity contribution in [2.75, 3.05) is 0 Å². The molecule has 1 heteroatoms. The van der Waals surface area contributed by atoms with Gasteiger partial charge in [0.15, 0.2) is 5.78 Å². The largest absolute Gasteiger partial charge is 0.295 e. The van der Waals surface area contributed by atoms with Crippen LogP contribution in [0, 0.1) is 5.41 Å². The summed E-state index contributed by atoms with van der Waals surface area (Å²) in [5, 5.41) is 0. The maximum atomic E-state index is 11.3. The van der Waals surface area contributed by atoms with Crippen LogP contribution in [0.3, 0.4) is 0 Å². The summed E-state index contributed by atoms with van der Waals surface area (Å²) < 4.78 is 0. The van der Waals surface area contributed by atoms with E-state index in [9.17, 15) is 4.79 Å². The minimum absolute atomic E-state index is 0.214. The second-order valence-electron chi connectivity index (χ2n) is 4.39. The highest BCUT2D eigenvalue weighted by Gasteiger charge is 2.35. The van der Waals surface area contributed by atoms with Crippen molar-refractivity contribution >= 4 is 5.78 Å². The van der Waals surface area contributed by atoms with Crippen LogP contribution in [0.25, 0.3) is 0 Å². The fraction of sp³-hybridized carbons (Fsp3) is 0.583. The molecule has 0 saturated carbocycles. The minimum atomic E-state index is 0.214. The zero-order chi connectivity index (χ0) is 9.47. The minimum Gasteiger partial charge on any atom is -0.295 e. The van der Waals surface area contributed by atoms with Crippen molar-refractivity contribution in [2.24, 2.45) is 5.41 Å². The van der Waals surface area contributed by atoms with E-state index in [1.54, 1.807) is 0 Å². The topological polar surface area (TPSA) is 17.1 Å². The second kappa shape index (κ2) is 2.83. The first kappa shape index (κ1) is 8.74. The highest BCUT2D eigenvalue weighted by Crippen LogP contribution is 2.47. The maximum Gasteiger partial charge on any atom is 0.155 e.